The Morgan fingerprint density at radius 3 is 2.70 bits per heavy atom. The average Bonchev–Trinajstić information content (AvgIpc) is 3.24. The zero-order valence-corrected chi connectivity index (χ0v) is 16.0. The maximum absolute atomic E-state index is 12.5. The van der Waals surface area contributed by atoms with Crippen LogP contribution in [0.3, 0.4) is 0 Å². The molecule has 1 saturated heterocycles. The number of likely N-dealkylation sites (tertiary alicyclic amines) is 1. The van der Waals surface area contributed by atoms with Gasteiger partial charge in [0.25, 0.3) is 0 Å². The Bertz CT molecular complexity index is 795. The first-order valence-electron chi connectivity index (χ1n) is 9.15. The van der Waals surface area contributed by atoms with Crippen molar-refractivity contribution >= 4 is 17.8 Å². The van der Waals surface area contributed by atoms with E-state index in [0.717, 1.165) is 5.56 Å². The Labute approximate surface area is 159 Å². The zero-order chi connectivity index (χ0) is 19.4. The summed E-state index contributed by atoms with van der Waals surface area (Å²) < 4.78 is 7.29. The molecule has 27 heavy (non-hydrogen) atoms. The first-order valence-corrected chi connectivity index (χ1v) is 9.15. The van der Waals surface area contributed by atoms with E-state index in [1.807, 2.05) is 61.9 Å². The molecule has 0 unspecified atom stereocenters. The molecule has 0 aliphatic carbocycles. The van der Waals surface area contributed by atoms with Crippen LogP contribution in [0.5, 0.6) is 0 Å². The van der Waals surface area contributed by atoms with Crippen molar-refractivity contribution in [2.24, 2.45) is 5.92 Å². The molecule has 2 amide bonds. The molecule has 1 atom stereocenters. The van der Waals surface area contributed by atoms with Crippen LogP contribution in [0.2, 0.25) is 0 Å². The molecule has 1 aliphatic heterocycles. The van der Waals surface area contributed by atoms with Gasteiger partial charge < -0.3 is 19.5 Å². The number of anilines is 1. The average molecular weight is 370 g/mol. The van der Waals surface area contributed by atoms with Crippen molar-refractivity contribution in [2.45, 2.75) is 39.3 Å². The van der Waals surface area contributed by atoms with Crippen LogP contribution in [0.15, 0.2) is 42.9 Å². The highest BCUT2D eigenvalue weighted by Crippen LogP contribution is 2.21. The van der Waals surface area contributed by atoms with Crippen molar-refractivity contribution in [2.75, 3.05) is 18.4 Å². The minimum absolute atomic E-state index is 0.119. The summed E-state index contributed by atoms with van der Waals surface area (Å²) in [5.74, 6) is 0.148. The number of hydrogen-bond acceptors (Lipinski definition) is 4. The van der Waals surface area contributed by atoms with E-state index in [2.05, 4.69) is 10.3 Å². The molecule has 0 bridgehead atoms. The summed E-state index contributed by atoms with van der Waals surface area (Å²) >= 11 is 0. The van der Waals surface area contributed by atoms with Gasteiger partial charge in [0, 0.05) is 25.8 Å². The predicted molar refractivity (Wildman–Crippen MR) is 102 cm³/mol. The smallest absolute Gasteiger partial charge is 0.410 e. The third-order valence-electron chi connectivity index (χ3n) is 4.30. The third kappa shape index (κ3) is 5.32. The second-order valence-electron chi connectivity index (χ2n) is 7.82. The minimum atomic E-state index is -0.539. The number of imidazole rings is 1. The molecule has 144 valence electrons. The highest BCUT2D eigenvalue weighted by Gasteiger charge is 2.33. The predicted octanol–water partition coefficient (Wildman–Crippen LogP) is 3.13. The Balaban J connectivity index is 1.52. The van der Waals surface area contributed by atoms with Gasteiger partial charge in [0.05, 0.1) is 12.2 Å². The largest absolute Gasteiger partial charge is 0.444 e. The van der Waals surface area contributed by atoms with Crippen molar-refractivity contribution in [1.82, 2.24) is 14.5 Å². The number of nitrogens with zero attached hydrogens (tertiary/aromatic N) is 3. The lowest BCUT2D eigenvalue weighted by molar-refractivity contribution is -0.119. The minimum Gasteiger partial charge on any atom is -0.444 e. The molecule has 1 aromatic heterocycles. The third-order valence-corrected chi connectivity index (χ3v) is 4.30. The van der Waals surface area contributed by atoms with E-state index in [0.29, 0.717) is 31.9 Å². The Kier molecular flexibility index (Phi) is 5.48. The van der Waals surface area contributed by atoms with Crippen LogP contribution in [0.1, 0.15) is 32.8 Å². The van der Waals surface area contributed by atoms with Crippen molar-refractivity contribution in [3.8, 4) is 0 Å². The number of rotatable bonds is 4. The fourth-order valence-electron chi connectivity index (χ4n) is 3.00. The summed E-state index contributed by atoms with van der Waals surface area (Å²) in [5, 5.41) is 2.85. The fraction of sp³-hybridized carbons (Fsp3) is 0.450. The van der Waals surface area contributed by atoms with Gasteiger partial charge in [-0.05, 0) is 32.8 Å². The summed E-state index contributed by atoms with van der Waals surface area (Å²) in [6, 6.07) is 10.0. The van der Waals surface area contributed by atoms with E-state index in [1.54, 1.807) is 11.2 Å². The summed E-state index contributed by atoms with van der Waals surface area (Å²) in [7, 11) is 0. The molecule has 0 saturated carbocycles. The van der Waals surface area contributed by atoms with Crippen LogP contribution in [0.4, 0.5) is 10.6 Å². The standard InChI is InChI=1S/C20H26N4O3/c1-20(2,3)27-19(26)24-10-9-16(12-24)18(25)22-17-13-23(14-21-17)11-15-7-5-4-6-8-15/h4-8,13-14,16H,9-12H2,1-3H3,(H,22,25)/t16-/m0/s1. The van der Waals surface area contributed by atoms with E-state index in [4.69, 9.17) is 4.74 Å². The Morgan fingerprint density at radius 1 is 1.26 bits per heavy atom. The van der Waals surface area contributed by atoms with Gasteiger partial charge in [-0.25, -0.2) is 9.78 Å². The molecule has 2 heterocycles. The maximum Gasteiger partial charge on any atom is 0.410 e. The number of carbonyl (C=O) groups is 2. The molecule has 1 aromatic carbocycles. The van der Waals surface area contributed by atoms with Crippen molar-refractivity contribution in [3.05, 3.63) is 48.4 Å². The summed E-state index contributed by atoms with van der Waals surface area (Å²) in [6.07, 6.45) is 3.76. The number of aromatic nitrogens is 2. The van der Waals surface area contributed by atoms with Gasteiger partial charge in [-0.3, -0.25) is 4.79 Å². The van der Waals surface area contributed by atoms with Gasteiger partial charge in [0.15, 0.2) is 5.82 Å². The van der Waals surface area contributed by atoms with E-state index in [1.165, 1.54) is 0 Å². The molecule has 2 aromatic rings. The number of nitrogens with one attached hydrogen (secondary N) is 1. The second kappa shape index (κ2) is 7.82. The summed E-state index contributed by atoms with van der Waals surface area (Å²) in [4.78, 5) is 30.5. The normalized spacial score (nSPS) is 17.0. The van der Waals surface area contributed by atoms with E-state index >= 15 is 0 Å². The second-order valence-corrected chi connectivity index (χ2v) is 7.82. The number of benzene rings is 1. The van der Waals surface area contributed by atoms with Crippen LogP contribution in [0, 0.1) is 5.92 Å². The first-order chi connectivity index (χ1) is 12.8. The maximum atomic E-state index is 12.5. The van der Waals surface area contributed by atoms with Crippen LogP contribution >= 0.6 is 0 Å². The first kappa shape index (κ1) is 18.9. The number of carbonyl (C=O) groups excluding carboxylic acids is 2. The van der Waals surface area contributed by atoms with Gasteiger partial charge >= 0.3 is 6.09 Å². The van der Waals surface area contributed by atoms with E-state index < -0.39 is 5.60 Å². The number of ether oxygens (including phenoxy) is 1. The lowest BCUT2D eigenvalue weighted by atomic mass is 10.1. The summed E-state index contributed by atoms with van der Waals surface area (Å²) in [6.45, 7) is 7.07. The quantitative estimate of drug-likeness (QED) is 0.897. The van der Waals surface area contributed by atoms with Gasteiger partial charge in [0.1, 0.15) is 5.60 Å². The molecule has 0 spiro atoms. The van der Waals surface area contributed by atoms with Crippen molar-refractivity contribution in [3.63, 3.8) is 0 Å². The molecular formula is C20H26N4O3. The summed E-state index contributed by atoms with van der Waals surface area (Å²) in [5.41, 5.74) is 0.625. The zero-order valence-electron chi connectivity index (χ0n) is 16.0. The molecule has 7 nitrogen and oxygen atoms in total. The molecule has 1 fully saturated rings. The monoisotopic (exact) mass is 370 g/mol. The molecule has 1 N–H and O–H groups in total. The Morgan fingerprint density at radius 2 is 2.00 bits per heavy atom. The molecule has 1 aliphatic rings. The van der Waals surface area contributed by atoms with E-state index in [9.17, 15) is 9.59 Å². The van der Waals surface area contributed by atoms with Gasteiger partial charge in [0.2, 0.25) is 5.91 Å². The molecule has 0 radical (unpaired) electrons. The lowest BCUT2D eigenvalue weighted by Gasteiger charge is -2.24. The van der Waals surface area contributed by atoms with Crippen LogP contribution in [0.25, 0.3) is 0 Å². The van der Waals surface area contributed by atoms with Gasteiger partial charge in [-0.15, -0.1) is 0 Å². The van der Waals surface area contributed by atoms with Gasteiger partial charge in [-0.1, -0.05) is 30.3 Å². The van der Waals surface area contributed by atoms with Crippen LogP contribution in [-0.2, 0) is 16.1 Å². The van der Waals surface area contributed by atoms with Crippen LogP contribution < -0.4 is 5.32 Å². The number of hydrogen-bond donors (Lipinski definition) is 1. The Hall–Kier alpha value is -2.83. The van der Waals surface area contributed by atoms with Gasteiger partial charge in [-0.2, -0.15) is 0 Å². The highest BCUT2D eigenvalue weighted by atomic mass is 16.6. The highest BCUT2D eigenvalue weighted by molar-refractivity contribution is 5.92. The molecule has 3 rings (SSSR count). The van der Waals surface area contributed by atoms with Crippen LogP contribution in [-0.4, -0.2) is 45.1 Å². The topological polar surface area (TPSA) is 76.5 Å². The number of amides is 2. The molecular weight excluding hydrogens is 344 g/mol. The molecule has 7 heteroatoms. The van der Waals surface area contributed by atoms with Crippen molar-refractivity contribution in [1.29, 1.82) is 0 Å². The van der Waals surface area contributed by atoms with E-state index in [-0.39, 0.29) is 17.9 Å². The fourth-order valence-corrected chi connectivity index (χ4v) is 3.00. The SMILES string of the molecule is CC(C)(C)OC(=O)N1CC[C@H](C(=O)Nc2cn(Cc3ccccc3)cn2)C1. The lowest BCUT2D eigenvalue weighted by Crippen LogP contribution is -2.36. The van der Waals surface area contributed by atoms with Crippen molar-refractivity contribution < 1.29 is 14.3 Å².